The molecule has 156 valence electrons. The molecule has 0 bridgehead atoms. The number of halogens is 1. The van der Waals surface area contributed by atoms with Crippen LogP contribution in [0.3, 0.4) is 0 Å². The number of nitrogens with zero attached hydrogens (tertiary/aromatic N) is 2. The molecule has 1 unspecified atom stereocenters. The van der Waals surface area contributed by atoms with E-state index < -0.39 is 29.3 Å². The number of hydrogen-bond donors (Lipinski definition) is 1. The first-order valence-corrected chi connectivity index (χ1v) is 9.54. The molecule has 4 rings (SSSR count). The van der Waals surface area contributed by atoms with Crippen molar-refractivity contribution in [3.05, 3.63) is 95.1 Å². The molecule has 2 aromatic carbocycles. The fourth-order valence-corrected chi connectivity index (χ4v) is 3.74. The lowest BCUT2D eigenvalue weighted by Gasteiger charge is -2.25. The lowest BCUT2D eigenvalue weighted by Crippen LogP contribution is -2.29. The standard InChI is InChI=1S/C24H19FN2O4/c1-14-5-3-7-17(11-14)27-21(15-6-4-10-26-13-15)20(23(29)24(27)30)22(28)18-12-16(25)8-9-19(18)31-2/h3-13,21,28H,1-2H3/b22-20+. The number of rotatable bonds is 4. The van der Waals surface area contributed by atoms with E-state index in [9.17, 15) is 19.1 Å². The summed E-state index contributed by atoms with van der Waals surface area (Å²) < 4.78 is 19.2. The van der Waals surface area contributed by atoms with Crippen molar-refractivity contribution in [2.75, 3.05) is 12.0 Å². The lowest BCUT2D eigenvalue weighted by molar-refractivity contribution is -0.132. The third kappa shape index (κ3) is 3.54. The van der Waals surface area contributed by atoms with E-state index in [1.165, 1.54) is 30.3 Å². The van der Waals surface area contributed by atoms with E-state index in [4.69, 9.17) is 4.74 Å². The molecule has 0 saturated carbocycles. The number of carbonyl (C=O) groups excluding carboxylic acids is 2. The molecule has 0 spiro atoms. The number of aromatic nitrogens is 1. The van der Waals surface area contributed by atoms with Gasteiger partial charge in [0.05, 0.1) is 24.3 Å². The van der Waals surface area contributed by atoms with Gasteiger partial charge in [0, 0.05) is 18.1 Å². The van der Waals surface area contributed by atoms with Crippen molar-refractivity contribution in [3.63, 3.8) is 0 Å². The van der Waals surface area contributed by atoms with Gasteiger partial charge < -0.3 is 9.84 Å². The van der Waals surface area contributed by atoms with E-state index in [1.54, 1.807) is 36.5 Å². The number of carbonyl (C=O) groups is 2. The number of pyridine rings is 1. The molecule has 1 aliphatic heterocycles. The molecule has 1 fully saturated rings. The normalized spacial score (nSPS) is 17.8. The average molecular weight is 418 g/mol. The molecule has 1 atom stereocenters. The smallest absolute Gasteiger partial charge is 0.300 e. The zero-order chi connectivity index (χ0) is 22.1. The first kappa shape index (κ1) is 20.3. The molecule has 1 amide bonds. The Balaban J connectivity index is 1.99. The van der Waals surface area contributed by atoms with Crippen LogP contribution in [0.5, 0.6) is 5.75 Å². The topological polar surface area (TPSA) is 79.7 Å². The van der Waals surface area contributed by atoms with E-state index in [0.29, 0.717) is 11.3 Å². The van der Waals surface area contributed by atoms with E-state index in [1.807, 2.05) is 13.0 Å². The van der Waals surface area contributed by atoms with E-state index >= 15 is 0 Å². The molecular formula is C24H19FN2O4. The van der Waals surface area contributed by atoms with Gasteiger partial charge in [0.25, 0.3) is 11.7 Å². The molecule has 1 saturated heterocycles. The van der Waals surface area contributed by atoms with Gasteiger partial charge in [-0.1, -0.05) is 18.2 Å². The highest BCUT2D eigenvalue weighted by Crippen LogP contribution is 2.43. The Morgan fingerprint density at radius 1 is 1.13 bits per heavy atom. The van der Waals surface area contributed by atoms with Crippen molar-refractivity contribution in [2.24, 2.45) is 0 Å². The molecule has 1 aromatic heterocycles. The zero-order valence-corrected chi connectivity index (χ0v) is 16.9. The molecule has 7 heteroatoms. The number of ether oxygens (including phenoxy) is 1. The summed E-state index contributed by atoms with van der Waals surface area (Å²) in [6.07, 6.45) is 3.09. The van der Waals surface area contributed by atoms with Gasteiger partial charge >= 0.3 is 0 Å². The number of hydrogen-bond acceptors (Lipinski definition) is 5. The van der Waals surface area contributed by atoms with E-state index in [2.05, 4.69) is 4.98 Å². The van der Waals surface area contributed by atoms with Crippen molar-refractivity contribution < 1.29 is 23.8 Å². The number of ketones is 1. The van der Waals surface area contributed by atoms with Crippen LogP contribution in [0.25, 0.3) is 5.76 Å². The van der Waals surface area contributed by atoms with Crippen LogP contribution >= 0.6 is 0 Å². The van der Waals surface area contributed by atoms with Crippen LogP contribution in [-0.4, -0.2) is 28.9 Å². The fourth-order valence-electron chi connectivity index (χ4n) is 3.74. The zero-order valence-electron chi connectivity index (χ0n) is 16.9. The molecule has 31 heavy (non-hydrogen) atoms. The lowest BCUT2D eigenvalue weighted by atomic mass is 9.95. The summed E-state index contributed by atoms with van der Waals surface area (Å²) in [5.41, 5.74) is 1.75. The number of Topliss-reactive ketones (excluding diaryl/α,β-unsaturated/α-hetero) is 1. The number of aliphatic hydroxyl groups excluding tert-OH is 1. The monoisotopic (exact) mass is 418 g/mol. The summed E-state index contributed by atoms with van der Waals surface area (Å²) in [4.78, 5) is 31.6. The van der Waals surface area contributed by atoms with Gasteiger partial charge in [0.1, 0.15) is 17.3 Å². The van der Waals surface area contributed by atoms with Gasteiger partial charge in [-0.25, -0.2) is 4.39 Å². The van der Waals surface area contributed by atoms with Crippen molar-refractivity contribution in [1.29, 1.82) is 0 Å². The van der Waals surface area contributed by atoms with Crippen LogP contribution in [0.4, 0.5) is 10.1 Å². The maximum atomic E-state index is 13.9. The number of methoxy groups -OCH3 is 1. The third-order valence-corrected chi connectivity index (χ3v) is 5.14. The summed E-state index contributed by atoms with van der Waals surface area (Å²) in [7, 11) is 1.37. The summed E-state index contributed by atoms with van der Waals surface area (Å²) in [6.45, 7) is 1.87. The van der Waals surface area contributed by atoms with Crippen LogP contribution in [0, 0.1) is 12.7 Å². The summed E-state index contributed by atoms with van der Waals surface area (Å²) >= 11 is 0. The van der Waals surface area contributed by atoms with Crippen molar-refractivity contribution in [1.82, 2.24) is 4.98 Å². The van der Waals surface area contributed by atoms with Crippen LogP contribution in [0.1, 0.15) is 22.7 Å². The van der Waals surface area contributed by atoms with Crippen LogP contribution in [0.15, 0.2) is 72.6 Å². The van der Waals surface area contributed by atoms with Crippen molar-refractivity contribution in [3.8, 4) is 5.75 Å². The van der Waals surface area contributed by atoms with Crippen molar-refractivity contribution in [2.45, 2.75) is 13.0 Å². The highest BCUT2D eigenvalue weighted by atomic mass is 19.1. The largest absolute Gasteiger partial charge is 0.507 e. The van der Waals surface area contributed by atoms with E-state index in [-0.39, 0.29) is 16.9 Å². The summed E-state index contributed by atoms with van der Waals surface area (Å²) in [5.74, 6) is -2.63. The molecule has 2 heterocycles. The molecule has 0 radical (unpaired) electrons. The Morgan fingerprint density at radius 2 is 1.94 bits per heavy atom. The quantitative estimate of drug-likeness (QED) is 0.391. The maximum Gasteiger partial charge on any atom is 0.300 e. The van der Waals surface area contributed by atoms with Crippen molar-refractivity contribution >= 4 is 23.1 Å². The van der Waals surface area contributed by atoms with Gasteiger partial charge in [-0.2, -0.15) is 0 Å². The summed E-state index contributed by atoms with van der Waals surface area (Å²) in [5, 5.41) is 11.1. The fraction of sp³-hybridized carbons (Fsp3) is 0.125. The second-order valence-electron chi connectivity index (χ2n) is 7.14. The third-order valence-electron chi connectivity index (χ3n) is 5.14. The number of benzene rings is 2. The number of amides is 1. The first-order valence-electron chi connectivity index (χ1n) is 9.54. The van der Waals surface area contributed by atoms with Gasteiger partial charge in [-0.05, 0) is 54.4 Å². The van der Waals surface area contributed by atoms with Crippen LogP contribution in [0.2, 0.25) is 0 Å². The van der Waals surface area contributed by atoms with Crippen LogP contribution in [-0.2, 0) is 9.59 Å². The minimum atomic E-state index is -0.941. The Kier molecular flexibility index (Phi) is 5.25. The molecule has 0 aliphatic carbocycles. The Hall–Kier alpha value is -4.00. The molecule has 6 nitrogen and oxygen atoms in total. The van der Waals surface area contributed by atoms with Gasteiger partial charge in [-0.15, -0.1) is 0 Å². The average Bonchev–Trinajstić information content (AvgIpc) is 3.04. The SMILES string of the molecule is COc1ccc(F)cc1/C(O)=C1\C(=O)C(=O)N(c2cccc(C)c2)C1c1cccnc1. The molecule has 1 N–H and O–H groups in total. The Morgan fingerprint density at radius 3 is 2.61 bits per heavy atom. The van der Waals surface area contributed by atoms with E-state index in [0.717, 1.165) is 11.6 Å². The van der Waals surface area contributed by atoms with Gasteiger partial charge in [0.15, 0.2) is 0 Å². The maximum absolute atomic E-state index is 13.9. The minimum absolute atomic E-state index is 0.0152. The van der Waals surface area contributed by atoms with Gasteiger partial charge in [-0.3, -0.25) is 19.5 Å². The number of aryl methyl sites for hydroxylation is 1. The minimum Gasteiger partial charge on any atom is -0.507 e. The predicted molar refractivity (Wildman–Crippen MR) is 113 cm³/mol. The second kappa shape index (κ2) is 8.02. The molecular weight excluding hydrogens is 399 g/mol. The Bertz CT molecular complexity index is 1210. The predicted octanol–water partition coefficient (Wildman–Crippen LogP) is 4.16. The molecule has 1 aliphatic rings. The Labute approximate surface area is 178 Å². The van der Waals surface area contributed by atoms with Crippen LogP contribution < -0.4 is 9.64 Å². The first-order chi connectivity index (χ1) is 14.9. The number of aliphatic hydroxyl groups is 1. The summed E-state index contributed by atoms with van der Waals surface area (Å²) in [6, 6.07) is 13.2. The highest BCUT2D eigenvalue weighted by molar-refractivity contribution is 6.51. The number of anilines is 1. The second-order valence-corrected chi connectivity index (χ2v) is 7.14. The molecule has 3 aromatic rings. The highest BCUT2D eigenvalue weighted by Gasteiger charge is 2.47. The van der Waals surface area contributed by atoms with Gasteiger partial charge in [0.2, 0.25) is 0 Å².